The van der Waals surface area contributed by atoms with Crippen molar-refractivity contribution >= 4 is 16.7 Å². The van der Waals surface area contributed by atoms with Crippen LogP contribution in [0, 0.1) is 6.92 Å². The Balaban J connectivity index is 2.69. The highest BCUT2D eigenvalue weighted by Crippen LogP contribution is 2.17. The van der Waals surface area contributed by atoms with E-state index >= 15 is 0 Å². The fraction of sp³-hybridized carbons (Fsp3) is 0.583. The number of hydrogen-bond acceptors (Lipinski definition) is 4. The van der Waals surface area contributed by atoms with E-state index in [-0.39, 0.29) is 10.8 Å². The predicted octanol–water partition coefficient (Wildman–Crippen LogP) is 2.42. The molecule has 0 aromatic carbocycles. The molecular formula is C12H19N3OS. The summed E-state index contributed by atoms with van der Waals surface area (Å²) in [4.78, 5) is 12.5. The van der Waals surface area contributed by atoms with Crippen LogP contribution >= 0.6 is 0 Å². The summed E-state index contributed by atoms with van der Waals surface area (Å²) < 4.78 is 11.5. The predicted molar refractivity (Wildman–Crippen MR) is 71.6 cm³/mol. The van der Waals surface area contributed by atoms with Gasteiger partial charge in [0.2, 0.25) is 5.55 Å². The largest absolute Gasteiger partial charge is 0.610 e. The molecule has 1 aromatic rings. The number of nitrogens with zero attached hydrogens (tertiary/aromatic N) is 3. The van der Waals surface area contributed by atoms with Gasteiger partial charge in [0.1, 0.15) is 10.6 Å². The summed E-state index contributed by atoms with van der Waals surface area (Å²) in [5.41, 5.74) is 2.45. The van der Waals surface area contributed by atoms with E-state index in [1.54, 1.807) is 12.4 Å². The van der Waals surface area contributed by atoms with Gasteiger partial charge in [-0.15, -0.1) is 0 Å². The average molecular weight is 253 g/mol. The van der Waals surface area contributed by atoms with Crippen LogP contribution in [0.3, 0.4) is 0 Å². The maximum absolute atomic E-state index is 11.8. The lowest BCUT2D eigenvalue weighted by atomic mass is 10.2. The molecule has 0 aliphatic heterocycles. The van der Waals surface area contributed by atoms with Gasteiger partial charge in [-0.3, -0.25) is 0 Å². The van der Waals surface area contributed by atoms with Gasteiger partial charge in [-0.2, -0.15) is 0 Å². The second-order valence-electron chi connectivity index (χ2n) is 4.90. The van der Waals surface area contributed by atoms with Crippen molar-refractivity contribution in [2.75, 3.05) is 0 Å². The fourth-order valence-corrected chi connectivity index (χ4v) is 1.62. The van der Waals surface area contributed by atoms with Crippen molar-refractivity contribution in [3.8, 4) is 0 Å². The normalized spacial score (nSPS) is 16.1. The van der Waals surface area contributed by atoms with Crippen molar-refractivity contribution in [1.82, 2.24) is 9.97 Å². The molecule has 5 heteroatoms. The molecule has 0 saturated carbocycles. The third kappa shape index (κ3) is 4.44. The van der Waals surface area contributed by atoms with Crippen LogP contribution in [0.1, 0.15) is 45.1 Å². The van der Waals surface area contributed by atoms with E-state index < -0.39 is 11.2 Å². The van der Waals surface area contributed by atoms with Gasteiger partial charge in [-0.25, -0.2) is 15.0 Å². The highest BCUT2D eigenvalue weighted by Gasteiger charge is 2.24. The molecule has 17 heavy (non-hydrogen) atoms. The molecule has 1 rings (SSSR count). The molecule has 1 heterocycles. The smallest absolute Gasteiger partial charge is 0.204 e. The number of aliphatic imine (C=N–C) groups is 1. The minimum atomic E-state index is -1.07. The number of aryl methyl sites for hydroxylation is 1. The molecule has 1 unspecified atom stereocenters. The van der Waals surface area contributed by atoms with Crippen LogP contribution < -0.4 is 0 Å². The Kier molecular flexibility index (Phi) is 4.65. The highest BCUT2D eigenvalue weighted by molar-refractivity contribution is 8.05. The van der Waals surface area contributed by atoms with Crippen LogP contribution in [0.15, 0.2) is 17.4 Å². The van der Waals surface area contributed by atoms with Crippen LogP contribution in [-0.2, 0) is 11.2 Å². The zero-order chi connectivity index (χ0) is 13.1. The van der Waals surface area contributed by atoms with Crippen molar-refractivity contribution in [1.29, 1.82) is 0 Å². The zero-order valence-corrected chi connectivity index (χ0v) is 11.8. The van der Waals surface area contributed by atoms with E-state index in [9.17, 15) is 4.55 Å². The van der Waals surface area contributed by atoms with E-state index in [4.69, 9.17) is 0 Å². The number of rotatable bonds is 3. The second-order valence-corrected chi connectivity index (χ2v) is 6.93. The van der Waals surface area contributed by atoms with E-state index in [1.807, 2.05) is 34.6 Å². The first kappa shape index (κ1) is 14.1. The highest BCUT2D eigenvalue weighted by atomic mass is 32.2. The van der Waals surface area contributed by atoms with Crippen molar-refractivity contribution in [2.24, 2.45) is 4.99 Å². The van der Waals surface area contributed by atoms with Gasteiger partial charge in [0.25, 0.3) is 0 Å². The monoisotopic (exact) mass is 253 g/mol. The zero-order valence-electron chi connectivity index (χ0n) is 11.0. The lowest BCUT2D eigenvalue weighted by molar-refractivity contribution is 0.573. The molecule has 0 N–H and O–H groups in total. The molecule has 0 aliphatic rings. The number of hydrogen-bond donors (Lipinski definition) is 0. The Morgan fingerprint density at radius 1 is 1.35 bits per heavy atom. The van der Waals surface area contributed by atoms with Crippen molar-refractivity contribution in [3.63, 3.8) is 0 Å². The van der Waals surface area contributed by atoms with Crippen molar-refractivity contribution in [2.45, 2.75) is 45.4 Å². The molecule has 0 fully saturated rings. The van der Waals surface area contributed by atoms with Crippen LogP contribution in [0.4, 0.5) is 0 Å². The maximum Gasteiger partial charge on any atom is 0.204 e. The summed E-state index contributed by atoms with van der Waals surface area (Å²) in [6, 6.07) is -0.0677. The Labute approximate surface area is 106 Å². The molecule has 0 saturated heterocycles. The van der Waals surface area contributed by atoms with Gasteiger partial charge in [-0.1, -0.05) is 0 Å². The third-order valence-electron chi connectivity index (χ3n) is 2.27. The van der Waals surface area contributed by atoms with Crippen molar-refractivity contribution < 1.29 is 4.55 Å². The molecule has 0 spiro atoms. The van der Waals surface area contributed by atoms with E-state index in [0.717, 1.165) is 11.4 Å². The summed E-state index contributed by atoms with van der Waals surface area (Å²) in [7, 11) is 0. The Morgan fingerprint density at radius 2 is 1.88 bits per heavy atom. The topological polar surface area (TPSA) is 61.2 Å². The second kappa shape index (κ2) is 5.60. The van der Waals surface area contributed by atoms with Gasteiger partial charge in [0.15, 0.2) is 0 Å². The molecule has 0 bridgehead atoms. The summed E-state index contributed by atoms with van der Waals surface area (Å²) in [5.74, 6) is 0.739. The van der Waals surface area contributed by atoms with Crippen LogP contribution in [0.2, 0.25) is 0 Å². The third-order valence-corrected chi connectivity index (χ3v) is 3.79. The Bertz CT molecular complexity index is 384. The molecule has 1 aromatic heterocycles. The van der Waals surface area contributed by atoms with Crippen molar-refractivity contribution in [3.05, 3.63) is 23.8 Å². The minimum Gasteiger partial charge on any atom is -0.610 e. The van der Waals surface area contributed by atoms with Crippen LogP contribution in [0.25, 0.3) is 0 Å². The van der Waals surface area contributed by atoms with Gasteiger partial charge < -0.3 is 4.55 Å². The summed E-state index contributed by atoms with van der Waals surface area (Å²) in [6.07, 6.45) is 3.51. The van der Waals surface area contributed by atoms with Crippen LogP contribution in [-0.4, -0.2) is 24.8 Å². The van der Waals surface area contributed by atoms with Crippen LogP contribution in [0.5, 0.6) is 0 Å². The van der Waals surface area contributed by atoms with E-state index in [0.29, 0.717) is 0 Å². The Morgan fingerprint density at radius 3 is 2.35 bits per heavy atom. The molecule has 4 nitrogen and oxygen atoms in total. The van der Waals surface area contributed by atoms with Gasteiger partial charge in [0.05, 0.1) is 6.04 Å². The fourth-order valence-electron chi connectivity index (χ4n) is 1.01. The molecule has 2 atom stereocenters. The first-order valence-electron chi connectivity index (χ1n) is 5.53. The average Bonchev–Trinajstić information content (AvgIpc) is 2.25. The quantitative estimate of drug-likeness (QED) is 0.472. The lowest BCUT2D eigenvalue weighted by Crippen LogP contribution is -2.28. The summed E-state index contributed by atoms with van der Waals surface area (Å²) in [6.45, 7) is 9.55. The van der Waals surface area contributed by atoms with E-state index in [2.05, 4.69) is 15.0 Å². The Hall–Kier alpha value is -0.940. The molecule has 0 aliphatic carbocycles. The standard InChI is InChI=1S/C12H19N3OS/c1-9(11-6-13-10(2)14-7-11)15-8-17(16)12(3,4)5/h6-9H,1-5H3/b15-8+/t9-,17?/m1/s1. The van der Waals surface area contributed by atoms with E-state index in [1.165, 1.54) is 5.55 Å². The molecule has 0 radical (unpaired) electrons. The first-order chi connectivity index (χ1) is 7.80. The number of aromatic nitrogens is 2. The summed E-state index contributed by atoms with van der Waals surface area (Å²) in [5, 5.41) is 0. The summed E-state index contributed by atoms with van der Waals surface area (Å²) >= 11 is -1.07. The lowest BCUT2D eigenvalue weighted by Gasteiger charge is -2.20. The first-order valence-corrected chi connectivity index (χ1v) is 6.74. The van der Waals surface area contributed by atoms with Gasteiger partial charge in [-0.05, 0) is 34.6 Å². The van der Waals surface area contributed by atoms with Gasteiger partial charge >= 0.3 is 0 Å². The SMILES string of the molecule is Cc1ncc([C@@H](C)/N=C/[S+]([O-])C(C)(C)C)cn1. The molecule has 0 amide bonds. The minimum absolute atomic E-state index is 0.0677. The molecular weight excluding hydrogens is 234 g/mol. The van der Waals surface area contributed by atoms with Gasteiger partial charge in [0, 0.05) is 29.1 Å². The maximum atomic E-state index is 11.8. The molecule has 94 valence electrons.